The van der Waals surface area contributed by atoms with Crippen LogP contribution in [0.3, 0.4) is 0 Å². The average Bonchev–Trinajstić information content (AvgIpc) is 3.39. The summed E-state index contributed by atoms with van der Waals surface area (Å²) in [6.45, 7) is 2.07. The van der Waals surface area contributed by atoms with Crippen LogP contribution < -0.4 is 10.7 Å². The van der Waals surface area contributed by atoms with E-state index in [-0.39, 0.29) is 41.5 Å². The smallest absolute Gasteiger partial charge is 0.336 e. The zero-order valence-electron chi connectivity index (χ0n) is 19.5. The van der Waals surface area contributed by atoms with Gasteiger partial charge in [0.15, 0.2) is 11.2 Å². The number of allylic oxidation sites excluding steroid dienone is 3. The molecule has 2 aliphatic rings. The van der Waals surface area contributed by atoms with Crippen molar-refractivity contribution in [2.45, 2.75) is 31.6 Å². The van der Waals surface area contributed by atoms with Crippen LogP contribution in [0, 0.1) is 0 Å². The maximum absolute atomic E-state index is 13.6. The second-order valence-electron chi connectivity index (χ2n) is 8.68. The lowest BCUT2D eigenvalue weighted by atomic mass is 9.73. The number of hydrogen-bond acceptors (Lipinski definition) is 8. The van der Waals surface area contributed by atoms with Gasteiger partial charge in [0.1, 0.15) is 12.2 Å². The number of dihydropyridines is 1. The largest absolute Gasteiger partial charge is 0.464 e. The Morgan fingerprint density at radius 3 is 2.74 bits per heavy atom. The zero-order valence-corrected chi connectivity index (χ0v) is 20.3. The van der Waals surface area contributed by atoms with Crippen LogP contribution in [0.15, 0.2) is 79.8 Å². The molecule has 180 valence electrons. The van der Waals surface area contributed by atoms with Gasteiger partial charge in [-0.05, 0) is 36.9 Å². The van der Waals surface area contributed by atoms with E-state index in [4.69, 9.17) is 13.9 Å². The summed E-state index contributed by atoms with van der Waals surface area (Å²) in [5, 5.41) is 5.70. The number of nitrogens with one attached hydrogen (secondary N) is 1. The van der Waals surface area contributed by atoms with Gasteiger partial charge in [0.25, 0.3) is 0 Å². The molecule has 0 bridgehead atoms. The van der Waals surface area contributed by atoms with Gasteiger partial charge in [0.05, 0.1) is 29.7 Å². The second kappa shape index (κ2) is 9.64. The molecule has 35 heavy (non-hydrogen) atoms. The normalized spacial score (nSPS) is 20.1. The molecule has 1 aliphatic carbocycles. The molecule has 7 nitrogen and oxygen atoms in total. The number of thiophene rings is 1. The van der Waals surface area contributed by atoms with Crippen LogP contribution >= 0.6 is 11.3 Å². The third-order valence-corrected chi connectivity index (χ3v) is 7.57. The van der Waals surface area contributed by atoms with E-state index in [0.29, 0.717) is 35.1 Å². The van der Waals surface area contributed by atoms with Gasteiger partial charge in [0.2, 0.25) is 0 Å². The highest BCUT2D eigenvalue weighted by molar-refractivity contribution is 7.10. The number of ether oxygens (including phenoxy) is 2. The molecular formula is C27H25NO6S. The molecule has 0 saturated carbocycles. The number of ketones is 1. The minimum atomic E-state index is -0.876. The first-order valence-electron chi connectivity index (χ1n) is 11.4. The Morgan fingerprint density at radius 1 is 1.14 bits per heavy atom. The Morgan fingerprint density at radius 2 is 1.97 bits per heavy atom. The first-order valence-corrected chi connectivity index (χ1v) is 12.3. The summed E-state index contributed by atoms with van der Waals surface area (Å²) in [7, 11) is 1.52. The minimum absolute atomic E-state index is 0.0467. The fourth-order valence-electron chi connectivity index (χ4n) is 4.93. The standard InChI is InChI=1S/C27H25NO6S/c1-15-23(27(31)33-10-9-32-2)24(18-14-34-21-7-4-3-6-17(21)26(18)30)25-19(28-15)12-16(13-20(25)29)22-8-5-11-35-22/h3-8,11,14,16,24,28H,9-10,12-13H2,1-2H3/t16-,24-/m0/s1. The molecule has 0 saturated heterocycles. The highest BCUT2D eigenvalue weighted by atomic mass is 32.1. The number of methoxy groups -OCH3 is 1. The molecule has 1 aromatic carbocycles. The Bertz CT molecular complexity index is 1410. The summed E-state index contributed by atoms with van der Waals surface area (Å²) in [5.74, 6) is -1.52. The van der Waals surface area contributed by atoms with Gasteiger partial charge < -0.3 is 19.2 Å². The monoisotopic (exact) mass is 491 g/mol. The Labute approximate surface area is 206 Å². The third kappa shape index (κ3) is 4.24. The van der Waals surface area contributed by atoms with Crippen LogP contribution in [0.25, 0.3) is 11.0 Å². The molecule has 3 aromatic rings. The number of Topliss-reactive ketones (excluding diaryl/α,β-unsaturated/α-hetero) is 1. The predicted octanol–water partition coefficient (Wildman–Crippen LogP) is 4.41. The Hall–Kier alpha value is -3.49. The van der Waals surface area contributed by atoms with E-state index >= 15 is 0 Å². The number of para-hydroxylation sites is 1. The van der Waals surface area contributed by atoms with Crippen LogP contribution in [0.5, 0.6) is 0 Å². The lowest BCUT2D eigenvalue weighted by Gasteiger charge is -2.36. The molecule has 8 heteroatoms. The summed E-state index contributed by atoms with van der Waals surface area (Å²) in [4.78, 5) is 41.6. The van der Waals surface area contributed by atoms with E-state index in [1.54, 1.807) is 42.5 Å². The van der Waals surface area contributed by atoms with Crippen molar-refractivity contribution in [3.05, 3.63) is 91.2 Å². The van der Waals surface area contributed by atoms with Gasteiger partial charge in [-0.1, -0.05) is 18.2 Å². The zero-order chi connectivity index (χ0) is 24.5. The van der Waals surface area contributed by atoms with Gasteiger partial charge in [-0.3, -0.25) is 9.59 Å². The van der Waals surface area contributed by atoms with E-state index in [0.717, 1.165) is 10.6 Å². The summed E-state index contributed by atoms with van der Waals surface area (Å²) < 4.78 is 16.2. The highest BCUT2D eigenvalue weighted by Crippen LogP contribution is 2.45. The summed E-state index contributed by atoms with van der Waals surface area (Å²) in [6, 6.07) is 11.0. The molecule has 1 aliphatic heterocycles. The molecule has 0 radical (unpaired) electrons. The van der Waals surface area contributed by atoms with Crippen molar-refractivity contribution in [1.29, 1.82) is 0 Å². The molecule has 5 rings (SSSR count). The number of fused-ring (bicyclic) bond motifs is 1. The van der Waals surface area contributed by atoms with E-state index < -0.39 is 11.9 Å². The molecule has 0 spiro atoms. The van der Waals surface area contributed by atoms with Gasteiger partial charge in [-0.2, -0.15) is 0 Å². The van der Waals surface area contributed by atoms with Crippen molar-refractivity contribution in [3.8, 4) is 0 Å². The second-order valence-corrected chi connectivity index (χ2v) is 9.66. The van der Waals surface area contributed by atoms with Crippen molar-refractivity contribution in [2.24, 2.45) is 0 Å². The molecule has 0 amide bonds. The van der Waals surface area contributed by atoms with Gasteiger partial charge >= 0.3 is 5.97 Å². The molecule has 3 heterocycles. The molecule has 1 N–H and O–H groups in total. The highest BCUT2D eigenvalue weighted by Gasteiger charge is 2.43. The lowest BCUT2D eigenvalue weighted by Crippen LogP contribution is -2.37. The molecule has 2 atom stereocenters. The number of benzene rings is 1. The Kier molecular flexibility index (Phi) is 6.40. The maximum Gasteiger partial charge on any atom is 0.336 e. The molecule has 0 unspecified atom stereocenters. The first kappa shape index (κ1) is 23.3. The fraction of sp³-hybridized carbons (Fsp3) is 0.296. The molecular weight excluding hydrogens is 466 g/mol. The molecule has 2 aromatic heterocycles. The quantitative estimate of drug-likeness (QED) is 0.403. The topological polar surface area (TPSA) is 94.8 Å². The third-order valence-electron chi connectivity index (χ3n) is 6.53. The number of hydrogen-bond donors (Lipinski definition) is 1. The predicted molar refractivity (Wildman–Crippen MR) is 132 cm³/mol. The van der Waals surface area contributed by atoms with E-state index in [2.05, 4.69) is 5.32 Å². The van der Waals surface area contributed by atoms with Crippen molar-refractivity contribution >= 4 is 34.1 Å². The Balaban J connectivity index is 1.64. The van der Waals surface area contributed by atoms with Gasteiger partial charge in [0, 0.05) is 46.9 Å². The van der Waals surface area contributed by atoms with Crippen molar-refractivity contribution < 1.29 is 23.5 Å². The van der Waals surface area contributed by atoms with Crippen LogP contribution in [0.2, 0.25) is 0 Å². The van der Waals surface area contributed by atoms with Gasteiger partial charge in [-0.25, -0.2) is 4.79 Å². The first-order chi connectivity index (χ1) is 17.0. The van der Waals surface area contributed by atoms with Crippen molar-refractivity contribution in [1.82, 2.24) is 5.32 Å². The maximum atomic E-state index is 13.6. The number of carbonyl (C=O) groups excluding carboxylic acids is 2. The fourth-order valence-corrected chi connectivity index (χ4v) is 5.76. The SMILES string of the molecule is COCCOC(=O)C1=C(C)NC2=C(C(=O)C[C@@H](c3cccs3)C2)[C@H]1c1coc2ccccc2c1=O. The summed E-state index contributed by atoms with van der Waals surface area (Å²) in [5.41, 5.74) is 2.40. The van der Waals surface area contributed by atoms with Crippen LogP contribution in [0.1, 0.15) is 42.0 Å². The number of rotatable bonds is 6. The lowest BCUT2D eigenvalue weighted by molar-refractivity contribution is -0.140. The van der Waals surface area contributed by atoms with Crippen LogP contribution in [0.4, 0.5) is 0 Å². The van der Waals surface area contributed by atoms with Gasteiger partial charge in [-0.15, -0.1) is 11.3 Å². The van der Waals surface area contributed by atoms with E-state index in [1.807, 2.05) is 17.5 Å². The minimum Gasteiger partial charge on any atom is -0.464 e. The van der Waals surface area contributed by atoms with Crippen LogP contribution in [-0.4, -0.2) is 32.1 Å². The average molecular weight is 492 g/mol. The number of carbonyl (C=O) groups is 2. The van der Waals surface area contributed by atoms with E-state index in [1.165, 1.54) is 13.4 Å². The van der Waals surface area contributed by atoms with Crippen molar-refractivity contribution in [3.63, 3.8) is 0 Å². The summed E-state index contributed by atoms with van der Waals surface area (Å²) in [6.07, 6.45) is 2.29. The van der Waals surface area contributed by atoms with Crippen LogP contribution in [-0.2, 0) is 19.1 Å². The van der Waals surface area contributed by atoms with Crippen molar-refractivity contribution in [2.75, 3.05) is 20.3 Å². The van der Waals surface area contributed by atoms with E-state index in [9.17, 15) is 14.4 Å². The number of esters is 1. The molecule has 0 fully saturated rings. The summed E-state index contributed by atoms with van der Waals surface area (Å²) >= 11 is 1.62.